The van der Waals surface area contributed by atoms with Crippen molar-refractivity contribution in [1.29, 1.82) is 0 Å². The second-order valence-corrected chi connectivity index (χ2v) is 2.87. The van der Waals surface area contributed by atoms with Crippen LogP contribution in [0.3, 0.4) is 0 Å². The zero-order valence-corrected chi connectivity index (χ0v) is 5.84. The van der Waals surface area contributed by atoms with Crippen molar-refractivity contribution >= 4 is 5.91 Å². The lowest BCUT2D eigenvalue weighted by atomic mass is 9.87. The topological polar surface area (TPSA) is 61.1 Å². The SMILES string of the molecule is [NH]C(=O)C1CCC(O)CC1. The second-order valence-electron chi connectivity index (χ2n) is 2.87. The highest BCUT2D eigenvalue weighted by Gasteiger charge is 2.23. The Bertz CT molecular complexity index is 128. The molecular formula is C7H12NO2. The third-order valence-electron chi connectivity index (χ3n) is 2.07. The molecule has 0 aromatic heterocycles. The number of aliphatic hydroxyl groups excluding tert-OH is 1. The lowest BCUT2D eigenvalue weighted by molar-refractivity contribution is -0.123. The molecular weight excluding hydrogens is 130 g/mol. The minimum atomic E-state index is -0.466. The zero-order valence-electron chi connectivity index (χ0n) is 5.84. The highest BCUT2D eigenvalue weighted by atomic mass is 16.3. The first-order chi connectivity index (χ1) is 4.70. The van der Waals surface area contributed by atoms with Gasteiger partial charge in [-0.15, -0.1) is 0 Å². The van der Waals surface area contributed by atoms with Crippen LogP contribution in [0, 0.1) is 5.92 Å². The number of amides is 1. The van der Waals surface area contributed by atoms with Crippen LogP contribution in [0.4, 0.5) is 0 Å². The molecule has 0 aromatic rings. The number of carbonyl (C=O) groups is 1. The van der Waals surface area contributed by atoms with Gasteiger partial charge < -0.3 is 5.11 Å². The molecule has 1 saturated carbocycles. The number of carbonyl (C=O) groups excluding carboxylic acids is 1. The highest BCUT2D eigenvalue weighted by Crippen LogP contribution is 2.23. The van der Waals surface area contributed by atoms with Crippen molar-refractivity contribution in [2.24, 2.45) is 5.92 Å². The highest BCUT2D eigenvalue weighted by molar-refractivity contribution is 5.75. The van der Waals surface area contributed by atoms with Gasteiger partial charge in [-0.25, -0.2) is 0 Å². The van der Waals surface area contributed by atoms with Gasteiger partial charge >= 0.3 is 0 Å². The molecule has 2 N–H and O–H groups in total. The summed E-state index contributed by atoms with van der Waals surface area (Å²) in [6.45, 7) is 0. The molecule has 1 radical (unpaired) electrons. The Hall–Kier alpha value is -0.570. The van der Waals surface area contributed by atoms with E-state index in [4.69, 9.17) is 10.8 Å². The maximum absolute atomic E-state index is 10.5. The molecule has 1 amide bonds. The third kappa shape index (κ3) is 1.70. The van der Waals surface area contributed by atoms with Crippen molar-refractivity contribution < 1.29 is 9.90 Å². The number of rotatable bonds is 1. The minimum absolute atomic E-state index is 0.0941. The van der Waals surface area contributed by atoms with Gasteiger partial charge in [0.1, 0.15) is 0 Å². The Morgan fingerprint density at radius 1 is 1.30 bits per heavy atom. The van der Waals surface area contributed by atoms with Gasteiger partial charge in [0.05, 0.1) is 6.10 Å². The number of hydrogen-bond acceptors (Lipinski definition) is 2. The van der Waals surface area contributed by atoms with E-state index < -0.39 is 5.91 Å². The molecule has 1 aliphatic rings. The van der Waals surface area contributed by atoms with Gasteiger partial charge in [-0.3, -0.25) is 10.5 Å². The minimum Gasteiger partial charge on any atom is -0.393 e. The molecule has 0 saturated heterocycles. The zero-order chi connectivity index (χ0) is 7.56. The lowest BCUT2D eigenvalue weighted by Gasteiger charge is -2.21. The van der Waals surface area contributed by atoms with Crippen LogP contribution in [0.25, 0.3) is 0 Å². The fourth-order valence-electron chi connectivity index (χ4n) is 1.34. The van der Waals surface area contributed by atoms with Crippen molar-refractivity contribution in [3.63, 3.8) is 0 Å². The Morgan fingerprint density at radius 3 is 2.20 bits per heavy atom. The van der Waals surface area contributed by atoms with Crippen LogP contribution in [-0.4, -0.2) is 17.1 Å². The Balaban J connectivity index is 2.33. The summed E-state index contributed by atoms with van der Waals surface area (Å²) >= 11 is 0. The molecule has 0 spiro atoms. The third-order valence-corrected chi connectivity index (χ3v) is 2.07. The van der Waals surface area contributed by atoms with Crippen LogP contribution in [0.5, 0.6) is 0 Å². The Kier molecular flexibility index (Phi) is 2.27. The average Bonchev–Trinajstić information content (AvgIpc) is 1.88. The largest absolute Gasteiger partial charge is 0.393 e. The molecule has 10 heavy (non-hydrogen) atoms. The van der Waals surface area contributed by atoms with E-state index in [1.807, 2.05) is 0 Å². The maximum atomic E-state index is 10.5. The van der Waals surface area contributed by atoms with Gasteiger partial charge in [0.2, 0.25) is 5.91 Å². The second kappa shape index (κ2) is 3.01. The first-order valence-corrected chi connectivity index (χ1v) is 3.63. The molecule has 1 aliphatic carbocycles. The standard InChI is InChI=1S/C7H12NO2/c8-7(10)5-1-3-6(9)4-2-5/h5-6,8-9H,1-4H2. The summed E-state index contributed by atoms with van der Waals surface area (Å²) in [5.41, 5.74) is 6.82. The van der Waals surface area contributed by atoms with Crippen LogP contribution in [-0.2, 0) is 4.79 Å². The van der Waals surface area contributed by atoms with Gasteiger partial charge in [0, 0.05) is 5.92 Å². The lowest BCUT2D eigenvalue weighted by Crippen LogP contribution is -2.24. The first-order valence-electron chi connectivity index (χ1n) is 3.63. The number of aliphatic hydroxyl groups is 1. The monoisotopic (exact) mass is 142 g/mol. The summed E-state index contributed by atoms with van der Waals surface area (Å²) in [5, 5.41) is 9.04. The van der Waals surface area contributed by atoms with E-state index in [0.29, 0.717) is 25.7 Å². The van der Waals surface area contributed by atoms with Crippen LogP contribution < -0.4 is 5.73 Å². The van der Waals surface area contributed by atoms with E-state index in [2.05, 4.69) is 0 Å². The molecule has 0 aliphatic heterocycles. The van der Waals surface area contributed by atoms with E-state index >= 15 is 0 Å². The van der Waals surface area contributed by atoms with Crippen molar-refractivity contribution in [2.45, 2.75) is 31.8 Å². The van der Waals surface area contributed by atoms with Crippen LogP contribution in [0.15, 0.2) is 0 Å². The summed E-state index contributed by atoms with van der Waals surface area (Å²) in [6, 6.07) is 0. The predicted octanol–water partition coefficient (Wildman–Crippen LogP) is 0.347. The van der Waals surface area contributed by atoms with E-state index in [1.165, 1.54) is 0 Å². The van der Waals surface area contributed by atoms with Gasteiger partial charge in [-0.2, -0.15) is 0 Å². The molecule has 0 aromatic carbocycles. The maximum Gasteiger partial charge on any atom is 0.241 e. The number of hydrogen-bond donors (Lipinski definition) is 1. The van der Waals surface area contributed by atoms with Crippen LogP contribution >= 0.6 is 0 Å². The van der Waals surface area contributed by atoms with Gasteiger partial charge in [-0.1, -0.05) is 0 Å². The average molecular weight is 142 g/mol. The fraction of sp³-hybridized carbons (Fsp3) is 0.857. The van der Waals surface area contributed by atoms with Crippen molar-refractivity contribution in [3.05, 3.63) is 0 Å². The normalized spacial score (nSPS) is 33.7. The van der Waals surface area contributed by atoms with Crippen molar-refractivity contribution in [3.8, 4) is 0 Å². The van der Waals surface area contributed by atoms with E-state index in [9.17, 15) is 4.79 Å². The molecule has 57 valence electrons. The Morgan fingerprint density at radius 2 is 1.80 bits per heavy atom. The smallest absolute Gasteiger partial charge is 0.241 e. The van der Waals surface area contributed by atoms with Crippen molar-refractivity contribution in [2.75, 3.05) is 0 Å². The van der Waals surface area contributed by atoms with Gasteiger partial charge in [0.25, 0.3) is 0 Å². The molecule has 0 bridgehead atoms. The fourth-order valence-corrected chi connectivity index (χ4v) is 1.34. The molecule has 0 atom stereocenters. The summed E-state index contributed by atoms with van der Waals surface area (Å²) in [5.74, 6) is -0.560. The molecule has 0 heterocycles. The van der Waals surface area contributed by atoms with Gasteiger partial charge in [0.15, 0.2) is 0 Å². The quantitative estimate of drug-likeness (QED) is 0.574. The molecule has 3 heteroatoms. The number of nitrogens with one attached hydrogen (secondary N) is 1. The molecule has 3 nitrogen and oxygen atoms in total. The predicted molar refractivity (Wildman–Crippen MR) is 36.1 cm³/mol. The summed E-state index contributed by atoms with van der Waals surface area (Å²) in [6.07, 6.45) is 2.55. The Labute approximate surface area is 60.2 Å². The first kappa shape index (κ1) is 7.54. The van der Waals surface area contributed by atoms with Crippen LogP contribution in [0.2, 0.25) is 0 Å². The molecule has 1 rings (SSSR count). The van der Waals surface area contributed by atoms with Gasteiger partial charge in [-0.05, 0) is 25.7 Å². The molecule has 1 fully saturated rings. The van der Waals surface area contributed by atoms with E-state index in [0.717, 1.165) is 0 Å². The summed E-state index contributed by atoms with van der Waals surface area (Å²) in [7, 11) is 0. The molecule has 0 unspecified atom stereocenters. The summed E-state index contributed by atoms with van der Waals surface area (Å²) < 4.78 is 0. The van der Waals surface area contributed by atoms with E-state index in [1.54, 1.807) is 0 Å². The van der Waals surface area contributed by atoms with E-state index in [-0.39, 0.29) is 12.0 Å². The summed E-state index contributed by atoms with van der Waals surface area (Å²) in [4.78, 5) is 10.5. The van der Waals surface area contributed by atoms with Crippen LogP contribution in [0.1, 0.15) is 25.7 Å². The van der Waals surface area contributed by atoms with Crippen molar-refractivity contribution in [1.82, 2.24) is 5.73 Å².